The quantitative estimate of drug-likeness (QED) is 0.480. The summed E-state index contributed by atoms with van der Waals surface area (Å²) in [5, 5.41) is 20.3. The molecular weight excluding hydrogens is 484 g/mol. The summed E-state index contributed by atoms with van der Waals surface area (Å²) in [6.07, 6.45) is 3.30. The molecule has 0 aliphatic carbocycles. The molecule has 2 aromatic carbocycles. The molecule has 0 saturated heterocycles. The van der Waals surface area contributed by atoms with Gasteiger partial charge in [0, 0.05) is 37.7 Å². The van der Waals surface area contributed by atoms with Gasteiger partial charge >= 0.3 is 0 Å². The van der Waals surface area contributed by atoms with Crippen molar-refractivity contribution in [1.29, 1.82) is 0 Å². The molecule has 2 aromatic rings. The second-order valence-electron chi connectivity index (χ2n) is 10.3. The molecule has 0 aromatic heterocycles. The molecule has 9 nitrogen and oxygen atoms in total. The second-order valence-corrected chi connectivity index (χ2v) is 10.3. The minimum absolute atomic E-state index is 0.00410. The maximum atomic E-state index is 14.3. The Morgan fingerprint density at radius 1 is 0.947 bits per heavy atom. The van der Waals surface area contributed by atoms with E-state index in [0.29, 0.717) is 44.0 Å². The van der Waals surface area contributed by atoms with Gasteiger partial charge in [-0.1, -0.05) is 12.1 Å². The Hall–Kier alpha value is -3.30. The minimum atomic E-state index is -0.554. The maximum absolute atomic E-state index is 14.3. The van der Waals surface area contributed by atoms with Crippen LogP contribution in [0.3, 0.4) is 0 Å². The van der Waals surface area contributed by atoms with Crippen LogP contribution in [0.15, 0.2) is 36.4 Å². The molecule has 5 rings (SSSR count). The lowest BCUT2D eigenvalue weighted by Gasteiger charge is -2.28. The van der Waals surface area contributed by atoms with Crippen LogP contribution in [-0.4, -0.2) is 68.2 Å². The monoisotopic (exact) mass is 522 g/mol. The number of carbonyl (C=O) groups excluding carboxylic acids is 2. The molecule has 0 spiro atoms. The van der Waals surface area contributed by atoms with E-state index in [1.54, 1.807) is 18.2 Å². The number of ether oxygens (including phenoxy) is 2. The van der Waals surface area contributed by atoms with Crippen LogP contribution in [0.5, 0.6) is 17.2 Å². The molecule has 0 saturated carbocycles. The molecule has 4 bridgehead atoms. The molecule has 4 N–H and O–H groups in total. The standard InChI is InChI=1S/C29H38N4O5/c1-37-25-17-20(6-8-23(25)34)28-27-21-16-19(7-9-24(21)38-28)22-18-26(35)32-13-5-15-33(29(27)36)14-3-2-10-30-11-4-12-31-22/h6-9,16-17,22,27-28,30-31,34H,2-5,10-15,18H2,1H3,(H,32,35)/t22-,27+,28-/m0/s1. The van der Waals surface area contributed by atoms with Crippen molar-refractivity contribution < 1.29 is 24.2 Å². The first-order chi connectivity index (χ1) is 18.5. The Bertz CT molecular complexity index is 1160. The fraction of sp³-hybridized carbons (Fsp3) is 0.517. The Morgan fingerprint density at radius 2 is 1.76 bits per heavy atom. The van der Waals surface area contributed by atoms with E-state index >= 15 is 0 Å². The third-order valence-electron chi connectivity index (χ3n) is 7.71. The van der Waals surface area contributed by atoms with Gasteiger partial charge in [0.15, 0.2) is 11.5 Å². The van der Waals surface area contributed by atoms with E-state index in [1.165, 1.54) is 7.11 Å². The van der Waals surface area contributed by atoms with Crippen LogP contribution >= 0.6 is 0 Å². The number of methoxy groups -OCH3 is 1. The maximum Gasteiger partial charge on any atom is 0.234 e. The first-order valence-electron chi connectivity index (χ1n) is 13.7. The smallest absolute Gasteiger partial charge is 0.234 e. The Balaban J connectivity index is 1.59. The zero-order valence-electron chi connectivity index (χ0n) is 22.0. The average Bonchev–Trinajstić information content (AvgIpc) is 3.30. The van der Waals surface area contributed by atoms with E-state index in [-0.39, 0.29) is 23.6 Å². The normalized spacial score (nSPS) is 25.0. The molecule has 9 heteroatoms. The number of rotatable bonds is 2. The number of phenols is 1. The first kappa shape index (κ1) is 26.3. The summed E-state index contributed by atoms with van der Waals surface area (Å²) in [4.78, 5) is 29.1. The van der Waals surface area contributed by atoms with E-state index in [9.17, 15) is 14.7 Å². The Labute approximate surface area is 223 Å². The van der Waals surface area contributed by atoms with Gasteiger partial charge < -0.3 is 35.4 Å². The second kappa shape index (κ2) is 12.0. The number of aromatic hydroxyl groups is 1. The van der Waals surface area contributed by atoms with Gasteiger partial charge in [0.05, 0.1) is 7.11 Å². The van der Waals surface area contributed by atoms with Gasteiger partial charge in [-0.15, -0.1) is 0 Å². The summed E-state index contributed by atoms with van der Waals surface area (Å²) < 4.78 is 11.8. The lowest BCUT2D eigenvalue weighted by atomic mass is 9.87. The number of hydrogen-bond acceptors (Lipinski definition) is 7. The molecule has 0 fully saturated rings. The molecule has 204 valence electrons. The third kappa shape index (κ3) is 5.73. The highest BCUT2D eigenvalue weighted by Gasteiger charge is 2.43. The van der Waals surface area contributed by atoms with Crippen LogP contribution in [0.2, 0.25) is 0 Å². The number of benzene rings is 2. The zero-order valence-corrected chi connectivity index (χ0v) is 22.0. The van der Waals surface area contributed by atoms with Crippen molar-refractivity contribution in [3.05, 3.63) is 53.1 Å². The lowest BCUT2D eigenvalue weighted by Crippen LogP contribution is -2.39. The summed E-state index contributed by atoms with van der Waals surface area (Å²) in [6, 6.07) is 10.9. The van der Waals surface area contributed by atoms with Gasteiger partial charge in [-0.2, -0.15) is 0 Å². The molecule has 3 atom stereocenters. The van der Waals surface area contributed by atoms with Gasteiger partial charge in [-0.05, 0) is 80.7 Å². The minimum Gasteiger partial charge on any atom is -0.504 e. The highest BCUT2D eigenvalue weighted by molar-refractivity contribution is 5.87. The van der Waals surface area contributed by atoms with Crippen LogP contribution in [0.1, 0.15) is 66.9 Å². The summed E-state index contributed by atoms with van der Waals surface area (Å²) >= 11 is 0. The highest BCUT2D eigenvalue weighted by atomic mass is 16.5. The van der Waals surface area contributed by atoms with E-state index in [1.807, 2.05) is 23.1 Å². The third-order valence-corrected chi connectivity index (χ3v) is 7.71. The molecule has 3 heterocycles. The lowest BCUT2D eigenvalue weighted by molar-refractivity contribution is -0.134. The Kier molecular flexibility index (Phi) is 8.34. The van der Waals surface area contributed by atoms with Crippen LogP contribution in [-0.2, 0) is 9.59 Å². The van der Waals surface area contributed by atoms with Gasteiger partial charge in [-0.3, -0.25) is 9.59 Å². The summed E-state index contributed by atoms with van der Waals surface area (Å²) in [6.45, 7) is 4.34. The summed E-state index contributed by atoms with van der Waals surface area (Å²) in [5.41, 5.74) is 2.58. The first-order valence-corrected chi connectivity index (χ1v) is 13.7. The Morgan fingerprint density at radius 3 is 2.63 bits per heavy atom. The van der Waals surface area contributed by atoms with Crippen molar-refractivity contribution >= 4 is 11.8 Å². The van der Waals surface area contributed by atoms with Gasteiger partial charge in [0.25, 0.3) is 0 Å². The zero-order chi connectivity index (χ0) is 26.5. The number of nitrogens with zero attached hydrogens (tertiary/aromatic N) is 1. The molecular formula is C29H38N4O5. The van der Waals surface area contributed by atoms with Crippen molar-refractivity contribution in [2.75, 3.05) is 46.4 Å². The average molecular weight is 523 g/mol. The molecule has 2 amide bonds. The van der Waals surface area contributed by atoms with E-state index in [2.05, 4.69) is 16.0 Å². The largest absolute Gasteiger partial charge is 0.504 e. The molecule has 3 aliphatic rings. The molecule has 38 heavy (non-hydrogen) atoms. The topological polar surface area (TPSA) is 112 Å². The van der Waals surface area contributed by atoms with Crippen LogP contribution in [0, 0.1) is 0 Å². The fourth-order valence-corrected chi connectivity index (χ4v) is 5.66. The van der Waals surface area contributed by atoms with E-state index < -0.39 is 12.0 Å². The summed E-state index contributed by atoms with van der Waals surface area (Å²) in [5.74, 6) is 0.533. The predicted molar refractivity (Wildman–Crippen MR) is 143 cm³/mol. The highest BCUT2D eigenvalue weighted by Crippen LogP contribution is 2.49. The molecule has 0 radical (unpaired) electrons. The van der Waals surface area contributed by atoms with Crippen molar-refractivity contribution in [2.24, 2.45) is 0 Å². The van der Waals surface area contributed by atoms with Crippen molar-refractivity contribution in [3.63, 3.8) is 0 Å². The predicted octanol–water partition coefficient (Wildman–Crippen LogP) is 2.76. The number of phenolic OH excluding ortho intramolecular Hbond substituents is 1. The number of carbonyl (C=O) groups is 2. The molecule has 3 aliphatic heterocycles. The van der Waals surface area contributed by atoms with E-state index in [0.717, 1.165) is 55.6 Å². The van der Waals surface area contributed by atoms with Gasteiger partial charge in [0.2, 0.25) is 11.8 Å². The molecule has 0 unspecified atom stereocenters. The number of amides is 2. The number of nitrogens with one attached hydrogen (secondary N) is 3. The van der Waals surface area contributed by atoms with E-state index in [4.69, 9.17) is 9.47 Å². The van der Waals surface area contributed by atoms with Gasteiger partial charge in [-0.25, -0.2) is 0 Å². The SMILES string of the molecule is COc1cc([C@@H]2Oc3ccc4cc3[C@H]2C(=O)N2CCCCNCCCN[C@H]4CC(=O)NCCC2)ccc1O. The van der Waals surface area contributed by atoms with Crippen molar-refractivity contribution in [3.8, 4) is 17.2 Å². The van der Waals surface area contributed by atoms with Crippen molar-refractivity contribution in [1.82, 2.24) is 20.9 Å². The fourth-order valence-electron chi connectivity index (χ4n) is 5.66. The van der Waals surface area contributed by atoms with Crippen molar-refractivity contribution in [2.45, 2.75) is 50.2 Å². The van der Waals surface area contributed by atoms with Crippen LogP contribution in [0.25, 0.3) is 0 Å². The van der Waals surface area contributed by atoms with Gasteiger partial charge in [0.1, 0.15) is 17.8 Å². The number of hydrogen-bond donors (Lipinski definition) is 4. The van der Waals surface area contributed by atoms with Crippen LogP contribution in [0.4, 0.5) is 0 Å². The summed E-state index contributed by atoms with van der Waals surface area (Å²) in [7, 11) is 1.51. The van der Waals surface area contributed by atoms with Crippen LogP contribution < -0.4 is 25.4 Å². The number of fused-ring (bicyclic) bond motifs is 1.